The van der Waals surface area contributed by atoms with E-state index < -0.39 is 0 Å². The van der Waals surface area contributed by atoms with Gasteiger partial charge >= 0.3 is 0 Å². The minimum absolute atomic E-state index is 0. The summed E-state index contributed by atoms with van der Waals surface area (Å²) in [5.41, 5.74) is 0.548. The van der Waals surface area contributed by atoms with Crippen LogP contribution in [0.1, 0.15) is 46.0 Å². The summed E-state index contributed by atoms with van der Waals surface area (Å²) >= 11 is 0. The second kappa shape index (κ2) is 6.96. The van der Waals surface area contributed by atoms with Crippen LogP contribution in [0.15, 0.2) is 0 Å². The SMILES string of the molecule is CCC1CCCN(CC2(C)CCNC2)CC1.Cl. The maximum atomic E-state index is 3.51. The van der Waals surface area contributed by atoms with Crippen LogP contribution in [0.25, 0.3) is 0 Å². The average Bonchev–Trinajstić information content (AvgIpc) is 2.57. The number of likely N-dealkylation sites (tertiary alicyclic amines) is 1. The van der Waals surface area contributed by atoms with Crippen LogP contribution < -0.4 is 5.32 Å². The molecule has 0 radical (unpaired) electrons. The Kier molecular flexibility index (Phi) is 6.25. The molecule has 102 valence electrons. The first-order valence-corrected chi connectivity index (χ1v) is 7.15. The van der Waals surface area contributed by atoms with Gasteiger partial charge in [0.15, 0.2) is 0 Å². The Morgan fingerprint density at radius 1 is 1.29 bits per heavy atom. The van der Waals surface area contributed by atoms with Crippen molar-refractivity contribution in [3.8, 4) is 0 Å². The molecule has 0 aromatic rings. The number of nitrogens with one attached hydrogen (secondary N) is 1. The van der Waals surface area contributed by atoms with Crippen LogP contribution in [-0.4, -0.2) is 37.6 Å². The molecule has 17 heavy (non-hydrogen) atoms. The van der Waals surface area contributed by atoms with Crippen molar-refractivity contribution in [2.24, 2.45) is 11.3 Å². The van der Waals surface area contributed by atoms with E-state index in [0.29, 0.717) is 5.41 Å². The van der Waals surface area contributed by atoms with E-state index >= 15 is 0 Å². The van der Waals surface area contributed by atoms with Gasteiger partial charge in [-0.15, -0.1) is 12.4 Å². The van der Waals surface area contributed by atoms with Gasteiger partial charge in [-0.3, -0.25) is 0 Å². The number of nitrogens with zero attached hydrogens (tertiary/aromatic N) is 1. The Balaban J connectivity index is 0.00000144. The number of rotatable bonds is 3. The lowest BCUT2D eigenvalue weighted by Gasteiger charge is -2.31. The first-order valence-electron chi connectivity index (χ1n) is 7.15. The molecular weight excluding hydrogens is 232 g/mol. The van der Waals surface area contributed by atoms with Crippen molar-refractivity contribution in [3.05, 3.63) is 0 Å². The third kappa shape index (κ3) is 4.42. The van der Waals surface area contributed by atoms with Crippen molar-refractivity contribution in [3.63, 3.8) is 0 Å². The van der Waals surface area contributed by atoms with Gasteiger partial charge in [-0.25, -0.2) is 0 Å². The molecule has 3 heteroatoms. The van der Waals surface area contributed by atoms with E-state index in [2.05, 4.69) is 24.1 Å². The Labute approximate surface area is 113 Å². The topological polar surface area (TPSA) is 15.3 Å². The van der Waals surface area contributed by atoms with Gasteiger partial charge in [0.05, 0.1) is 0 Å². The van der Waals surface area contributed by atoms with E-state index in [0.717, 1.165) is 5.92 Å². The fourth-order valence-electron chi connectivity index (χ4n) is 3.33. The van der Waals surface area contributed by atoms with E-state index in [4.69, 9.17) is 0 Å². The summed E-state index contributed by atoms with van der Waals surface area (Å²) < 4.78 is 0. The Morgan fingerprint density at radius 3 is 2.76 bits per heavy atom. The van der Waals surface area contributed by atoms with E-state index in [1.165, 1.54) is 64.8 Å². The summed E-state index contributed by atoms with van der Waals surface area (Å²) in [7, 11) is 0. The molecule has 2 fully saturated rings. The number of halogens is 1. The van der Waals surface area contributed by atoms with Crippen LogP contribution in [0.5, 0.6) is 0 Å². The van der Waals surface area contributed by atoms with Gasteiger partial charge in [0.25, 0.3) is 0 Å². The van der Waals surface area contributed by atoms with Crippen molar-refractivity contribution in [1.29, 1.82) is 0 Å². The predicted molar refractivity (Wildman–Crippen MR) is 76.9 cm³/mol. The van der Waals surface area contributed by atoms with E-state index in [1.54, 1.807) is 0 Å². The largest absolute Gasteiger partial charge is 0.316 e. The Bertz CT molecular complexity index is 214. The van der Waals surface area contributed by atoms with Gasteiger partial charge in [-0.05, 0) is 56.7 Å². The molecule has 0 aliphatic carbocycles. The molecule has 1 N–H and O–H groups in total. The summed E-state index contributed by atoms with van der Waals surface area (Å²) in [6.07, 6.45) is 7.05. The Hall–Kier alpha value is 0.210. The van der Waals surface area contributed by atoms with Gasteiger partial charge in [0.2, 0.25) is 0 Å². The minimum Gasteiger partial charge on any atom is -0.316 e. The van der Waals surface area contributed by atoms with E-state index in [-0.39, 0.29) is 12.4 Å². The van der Waals surface area contributed by atoms with Gasteiger partial charge in [-0.1, -0.05) is 20.3 Å². The lowest BCUT2D eigenvalue weighted by molar-refractivity contribution is 0.181. The summed E-state index contributed by atoms with van der Waals surface area (Å²) in [6, 6.07) is 0. The highest BCUT2D eigenvalue weighted by Gasteiger charge is 2.31. The molecular formula is C14H29ClN2. The fourth-order valence-corrected chi connectivity index (χ4v) is 3.33. The van der Waals surface area contributed by atoms with Gasteiger partial charge in [0, 0.05) is 13.1 Å². The number of hydrogen-bond acceptors (Lipinski definition) is 2. The molecule has 2 nitrogen and oxygen atoms in total. The van der Waals surface area contributed by atoms with Crippen LogP contribution in [0.2, 0.25) is 0 Å². The molecule has 2 atom stereocenters. The van der Waals surface area contributed by atoms with Crippen molar-refractivity contribution >= 4 is 12.4 Å². The monoisotopic (exact) mass is 260 g/mol. The normalized spacial score (nSPS) is 35.3. The fraction of sp³-hybridized carbons (Fsp3) is 1.00. The molecule has 0 saturated carbocycles. The molecule has 2 saturated heterocycles. The van der Waals surface area contributed by atoms with Crippen LogP contribution in [-0.2, 0) is 0 Å². The lowest BCUT2D eigenvalue weighted by Crippen LogP contribution is -2.38. The molecule has 0 aromatic carbocycles. The second-order valence-corrected chi connectivity index (χ2v) is 6.22. The second-order valence-electron chi connectivity index (χ2n) is 6.22. The molecule has 0 amide bonds. The highest BCUT2D eigenvalue weighted by atomic mass is 35.5. The molecule has 2 rings (SSSR count). The van der Waals surface area contributed by atoms with Crippen LogP contribution in [0.4, 0.5) is 0 Å². The molecule has 0 aromatic heterocycles. The first kappa shape index (κ1) is 15.3. The minimum atomic E-state index is 0. The van der Waals surface area contributed by atoms with Crippen molar-refractivity contribution in [1.82, 2.24) is 10.2 Å². The van der Waals surface area contributed by atoms with Crippen LogP contribution in [0.3, 0.4) is 0 Å². The highest BCUT2D eigenvalue weighted by Crippen LogP contribution is 2.28. The smallest absolute Gasteiger partial charge is 0.00480 e. The van der Waals surface area contributed by atoms with Crippen molar-refractivity contribution < 1.29 is 0 Å². The van der Waals surface area contributed by atoms with Gasteiger partial charge < -0.3 is 10.2 Å². The average molecular weight is 261 g/mol. The summed E-state index contributed by atoms with van der Waals surface area (Å²) in [5.74, 6) is 1.000. The third-order valence-electron chi connectivity index (χ3n) is 4.58. The first-order chi connectivity index (χ1) is 7.72. The molecule has 0 bridgehead atoms. The molecule has 0 spiro atoms. The Morgan fingerprint density at radius 2 is 2.12 bits per heavy atom. The van der Waals surface area contributed by atoms with Crippen LogP contribution in [0, 0.1) is 11.3 Å². The van der Waals surface area contributed by atoms with Gasteiger partial charge in [-0.2, -0.15) is 0 Å². The summed E-state index contributed by atoms with van der Waals surface area (Å²) in [5, 5.41) is 3.51. The molecule has 2 aliphatic rings. The summed E-state index contributed by atoms with van der Waals surface area (Å²) in [4.78, 5) is 2.72. The zero-order valence-electron chi connectivity index (χ0n) is 11.5. The molecule has 2 unspecified atom stereocenters. The van der Waals surface area contributed by atoms with Crippen molar-refractivity contribution in [2.75, 3.05) is 32.7 Å². The zero-order valence-corrected chi connectivity index (χ0v) is 12.3. The number of hydrogen-bond donors (Lipinski definition) is 1. The van der Waals surface area contributed by atoms with Gasteiger partial charge in [0.1, 0.15) is 0 Å². The van der Waals surface area contributed by atoms with E-state index in [9.17, 15) is 0 Å². The molecule has 2 heterocycles. The predicted octanol–water partition coefficient (Wildman–Crippen LogP) is 2.92. The maximum absolute atomic E-state index is 3.51. The third-order valence-corrected chi connectivity index (χ3v) is 4.58. The maximum Gasteiger partial charge on any atom is 0.00480 e. The van der Waals surface area contributed by atoms with E-state index in [1.807, 2.05) is 0 Å². The lowest BCUT2D eigenvalue weighted by atomic mass is 9.89. The van der Waals surface area contributed by atoms with Crippen LogP contribution >= 0.6 is 12.4 Å². The highest BCUT2D eigenvalue weighted by molar-refractivity contribution is 5.85. The van der Waals surface area contributed by atoms with Crippen molar-refractivity contribution in [2.45, 2.75) is 46.0 Å². The molecule has 2 aliphatic heterocycles. The zero-order chi connectivity index (χ0) is 11.4. The summed E-state index contributed by atoms with van der Waals surface area (Å²) in [6.45, 7) is 11.2. The standard InChI is InChI=1S/C14H28N2.ClH/c1-3-13-5-4-9-16(10-6-13)12-14(2)7-8-15-11-14;/h13,15H,3-12H2,1-2H3;1H. The quantitative estimate of drug-likeness (QED) is 0.840.